The lowest BCUT2D eigenvalue weighted by atomic mass is 10.0. The number of esters is 3. The van der Waals surface area contributed by atoms with E-state index < -0.39 is 6.10 Å². The van der Waals surface area contributed by atoms with Crippen molar-refractivity contribution in [1.82, 2.24) is 0 Å². The minimum Gasteiger partial charge on any atom is -0.462 e. The highest BCUT2D eigenvalue weighted by molar-refractivity contribution is 5.71. The molecule has 0 spiro atoms. The van der Waals surface area contributed by atoms with Crippen molar-refractivity contribution < 1.29 is 28.6 Å². The van der Waals surface area contributed by atoms with E-state index in [0.29, 0.717) is 19.3 Å². The number of hydrogen-bond donors (Lipinski definition) is 0. The van der Waals surface area contributed by atoms with E-state index in [9.17, 15) is 14.4 Å². The summed E-state index contributed by atoms with van der Waals surface area (Å²) in [7, 11) is 0. The van der Waals surface area contributed by atoms with Crippen LogP contribution in [0.1, 0.15) is 323 Å². The molecule has 0 bridgehead atoms. The molecule has 0 aromatic rings. The molecule has 0 N–H and O–H groups in total. The Bertz CT molecular complexity index is 1070. The van der Waals surface area contributed by atoms with E-state index in [4.69, 9.17) is 14.2 Å². The number of rotatable bonds is 54. The molecule has 0 fully saturated rings. The molecule has 1 atom stereocenters. The van der Waals surface area contributed by atoms with Crippen molar-refractivity contribution in [2.75, 3.05) is 13.2 Å². The largest absolute Gasteiger partial charge is 0.462 e. The molecule has 0 rings (SSSR count). The summed E-state index contributed by atoms with van der Waals surface area (Å²) < 4.78 is 16.9. The Balaban J connectivity index is 4.31. The molecule has 0 aliphatic rings. The summed E-state index contributed by atoms with van der Waals surface area (Å²) in [5.41, 5.74) is 0. The first-order valence-electron chi connectivity index (χ1n) is 29.3. The molecular formula is C60H112O6. The van der Waals surface area contributed by atoms with Crippen LogP contribution in [-0.2, 0) is 28.6 Å². The minimum atomic E-state index is -0.767. The van der Waals surface area contributed by atoms with Crippen molar-refractivity contribution in [3.05, 3.63) is 24.3 Å². The predicted molar refractivity (Wildman–Crippen MR) is 284 cm³/mol. The van der Waals surface area contributed by atoms with E-state index in [2.05, 4.69) is 45.1 Å². The van der Waals surface area contributed by atoms with Crippen molar-refractivity contribution in [3.8, 4) is 0 Å². The number of carbonyl (C=O) groups excluding carboxylic acids is 3. The van der Waals surface area contributed by atoms with Gasteiger partial charge in [-0.15, -0.1) is 0 Å². The minimum absolute atomic E-state index is 0.0666. The third-order valence-electron chi connectivity index (χ3n) is 13.2. The summed E-state index contributed by atoms with van der Waals surface area (Å²) in [6.07, 6.45) is 64.5. The Morgan fingerprint density at radius 2 is 0.545 bits per heavy atom. The van der Waals surface area contributed by atoms with Crippen LogP contribution in [0.25, 0.3) is 0 Å². The standard InChI is InChI=1S/C60H112O6/c1-4-7-10-13-16-19-22-25-28-29-30-31-33-35-38-41-44-47-50-53-59(62)65-56-57(55-64-58(61)52-49-46-43-40-37-34-27-24-21-18-15-12-9-6-3)66-60(63)54-51-48-45-42-39-36-32-26-23-20-17-14-11-8-5-2/h16,19,25,28,57H,4-15,17-18,20-24,26-27,29-56H2,1-3H3/b19-16-,28-25-/t57-/m1/s1. The van der Waals surface area contributed by atoms with Crippen LogP contribution in [0, 0.1) is 0 Å². The molecule has 0 aliphatic heterocycles. The van der Waals surface area contributed by atoms with Crippen LogP contribution < -0.4 is 0 Å². The molecule has 6 heteroatoms. The van der Waals surface area contributed by atoms with Crippen molar-refractivity contribution in [2.24, 2.45) is 0 Å². The number of carbonyl (C=O) groups is 3. The second-order valence-corrected chi connectivity index (χ2v) is 19.9. The van der Waals surface area contributed by atoms with Gasteiger partial charge in [-0.2, -0.15) is 0 Å². The van der Waals surface area contributed by atoms with Gasteiger partial charge in [0.25, 0.3) is 0 Å². The van der Waals surface area contributed by atoms with Crippen LogP contribution in [0.2, 0.25) is 0 Å². The lowest BCUT2D eigenvalue weighted by molar-refractivity contribution is -0.167. The van der Waals surface area contributed by atoms with E-state index in [0.717, 1.165) is 64.2 Å². The average Bonchev–Trinajstić information content (AvgIpc) is 3.31. The fourth-order valence-electron chi connectivity index (χ4n) is 8.77. The highest BCUT2D eigenvalue weighted by Gasteiger charge is 2.19. The van der Waals surface area contributed by atoms with Gasteiger partial charge in [0.15, 0.2) is 6.10 Å². The number of unbranched alkanes of at least 4 members (excludes halogenated alkanes) is 39. The topological polar surface area (TPSA) is 78.9 Å². The SMILES string of the molecule is CCCCC/C=C\C/C=C\CCCCCCCCCCCC(=O)OC[C@@H](COC(=O)CCCCCCCCCCCCCCCC)OC(=O)CCCCCCCCCCCCCCCCC. The van der Waals surface area contributed by atoms with Crippen LogP contribution in [-0.4, -0.2) is 37.2 Å². The highest BCUT2D eigenvalue weighted by Crippen LogP contribution is 2.17. The van der Waals surface area contributed by atoms with Gasteiger partial charge in [-0.05, 0) is 51.4 Å². The van der Waals surface area contributed by atoms with E-state index in [1.165, 1.54) is 218 Å². The molecule has 6 nitrogen and oxygen atoms in total. The first-order valence-corrected chi connectivity index (χ1v) is 29.3. The molecule has 0 aliphatic carbocycles. The van der Waals surface area contributed by atoms with E-state index in [-0.39, 0.29) is 31.1 Å². The van der Waals surface area contributed by atoms with Gasteiger partial charge in [0, 0.05) is 19.3 Å². The molecule has 0 saturated heterocycles. The zero-order valence-corrected chi connectivity index (χ0v) is 44.5. The van der Waals surface area contributed by atoms with Crippen LogP contribution in [0.5, 0.6) is 0 Å². The quantitative estimate of drug-likeness (QED) is 0.0262. The van der Waals surface area contributed by atoms with Gasteiger partial charge >= 0.3 is 17.9 Å². The van der Waals surface area contributed by atoms with Gasteiger partial charge in [-0.1, -0.05) is 276 Å². The van der Waals surface area contributed by atoms with Crippen molar-refractivity contribution in [1.29, 1.82) is 0 Å². The normalized spacial score (nSPS) is 12.1. The first kappa shape index (κ1) is 63.9. The Labute approximate surface area is 411 Å². The molecular weight excluding hydrogens is 817 g/mol. The van der Waals surface area contributed by atoms with E-state index >= 15 is 0 Å². The monoisotopic (exact) mass is 929 g/mol. The van der Waals surface area contributed by atoms with Gasteiger partial charge in [-0.3, -0.25) is 14.4 Å². The fourth-order valence-corrected chi connectivity index (χ4v) is 8.77. The number of hydrogen-bond acceptors (Lipinski definition) is 6. The maximum atomic E-state index is 12.8. The summed E-state index contributed by atoms with van der Waals surface area (Å²) in [6, 6.07) is 0. The highest BCUT2D eigenvalue weighted by atomic mass is 16.6. The van der Waals surface area contributed by atoms with Crippen LogP contribution in [0.15, 0.2) is 24.3 Å². The second kappa shape index (κ2) is 55.5. The van der Waals surface area contributed by atoms with Crippen molar-refractivity contribution >= 4 is 17.9 Å². The lowest BCUT2D eigenvalue weighted by Crippen LogP contribution is -2.30. The van der Waals surface area contributed by atoms with Crippen molar-refractivity contribution in [2.45, 2.75) is 329 Å². The Kier molecular flexibility index (Phi) is 53.7. The molecule has 0 saturated carbocycles. The van der Waals surface area contributed by atoms with Gasteiger partial charge in [0.2, 0.25) is 0 Å². The zero-order valence-electron chi connectivity index (χ0n) is 44.5. The van der Waals surface area contributed by atoms with Crippen LogP contribution in [0.4, 0.5) is 0 Å². The Morgan fingerprint density at radius 3 is 0.864 bits per heavy atom. The molecule has 388 valence electrons. The van der Waals surface area contributed by atoms with E-state index in [1.807, 2.05) is 0 Å². The van der Waals surface area contributed by atoms with Crippen LogP contribution in [0.3, 0.4) is 0 Å². The zero-order chi connectivity index (χ0) is 47.9. The summed E-state index contributed by atoms with van der Waals surface area (Å²) in [6.45, 7) is 6.66. The molecule has 0 heterocycles. The van der Waals surface area contributed by atoms with E-state index in [1.54, 1.807) is 0 Å². The molecule has 0 unspecified atom stereocenters. The van der Waals surface area contributed by atoms with Gasteiger partial charge < -0.3 is 14.2 Å². The number of allylic oxidation sites excluding steroid dienone is 4. The lowest BCUT2D eigenvalue weighted by Gasteiger charge is -2.18. The average molecular weight is 930 g/mol. The Hall–Kier alpha value is -2.11. The summed E-state index contributed by atoms with van der Waals surface area (Å²) >= 11 is 0. The third kappa shape index (κ3) is 52.9. The van der Waals surface area contributed by atoms with Gasteiger partial charge in [0.05, 0.1) is 0 Å². The summed E-state index contributed by atoms with van der Waals surface area (Å²) in [5.74, 6) is -0.848. The smallest absolute Gasteiger partial charge is 0.306 e. The molecule has 0 amide bonds. The van der Waals surface area contributed by atoms with Gasteiger partial charge in [0.1, 0.15) is 13.2 Å². The first-order chi connectivity index (χ1) is 32.5. The summed E-state index contributed by atoms with van der Waals surface area (Å²) in [5, 5.41) is 0. The van der Waals surface area contributed by atoms with Crippen molar-refractivity contribution in [3.63, 3.8) is 0 Å². The predicted octanol–water partition coefficient (Wildman–Crippen LogP) is 19.5. The van der Waals surface area contributed by atoms with Crippen LogP contribution >= 0.6 is 0 Å². The number of ether oxygens (including phenoxy) is 3. The summed E-state index contributed by atoms with van der Waals surface area (Å²) in [4.78, 5) is 38.2. The molecule has 66 heavy (non-hydrogen) atoms. The third-order valence-corrected chi connectivity index (χ3v) is 13.2. The molecule has 0 aromatic heterocycles. The fraction of sp³-hybridized carbons (Fsp3) is 0.883. The Morgan fingerprint density at radius 1 is 0.303 bits per heavy atom. The maximum absolute atomic E-state index is 12.8. The molecule has 0 aromatic carbocycles. The molecule has 0 radical (unpaired) electrons. The maximum Gasteiger partial charge on any atom is 0.306 e. The second-order valence-electron chi connectivity index (χ2n) is 19.9. The van der Waals surface area contributed by atoms with Gasteiger partial charge in [-0.25, -0.2) is 0 Å².